The predicted molar refractivity (Wildman–Crippen MR) is 87.2 cm³/mol. The molecule has 1 amide bonds. The minimum atomic E-state index is -0.475. The van der Waals surface area contributed by atoms with Gasteiger partial charge < -0.3 is 9.64 Å². The third kappa shape index (κ3) is 3.86. The van der Waals surface area contributed by atoms with Crippen LogP contribution in [0.15, 0.2) is 27.1 Å². The maximum atomic E-state index is 12.8. The Hall–Kier alpha value is -0.880. The summed E-state index contributed by atoms with van der Waals surface area (Å²) in [5, 5.41) is 0. The van der Waals surface area contributed by atoms with Crippen molar-refractivity contribution < 1.29 is 14.3 Å². The lowest BCUT2D eigenvalue weighted by Crippen LogP contribution is -2.48. The lowest BCUT2D eigenvalue weighted by atomic mass is 10.0. The van der Waals surface area contributed by atoms with Gasteiger partial charge in [-0.2, -0.15) is 0 Å². The van der Waals surface area contributed by atoms with Crippen molar-refractivity contribution in [2.24, 2.45) is 0 Å². The molecule has 1 unspecified atom stereocenters. The Morgan fingerprint density at radius 3 is 2.81 bits per heavy atom. The molecule has 1 aliphatic rings. The van der Waals surface area contributed by atoms with Crippen molar-refractivity contribution in [3.8, 4) is 0 Å². The molecule has 1 saturated heterocycles. The fourth-order valence-corrected chi connectivity index (χ4v) is 3.25. The van der Waals surface area contributed by atoms with Crippen molar-refractivity contribution in [2.75, 3.05) is 13.2 Å². The molecule has 4 nitrogen and oxygen atoms in total. The number of hydrogen-bond acceptors (Lipinski definition) is 3. The number of hydrogen-bond donors (Lipinski definition) is 0. The van der Waals surface area contributed by atoms with E-state index in [1.165, 1.54) is 0 Å². The van der Waals surface area contributed by atoms with Crippen LogP contribution in [0.2, 0.25) is 0 Å². The van der Waals surface area contributed by atoms with Gasteiger partial charge in [-0.25, -0.2) is 4.79 Å². The molecule has 0 radical (unpaired) electrons. The van der Waals surface area contributed by atoms with E-state index in [1.54, 1.807) is 17.9 Å². The molecule has 0 N–H and O–H groups in total. The Bertz CT molecular complexity index is 548. The highest BCUT2D eigenvalue weighted by molar-refractivity contribution is 9.11. The van der Waals surface area contributed by atoms with Gasteiger partial charge in [0.05, 0.1) is 12.2 Å². The molecule has 21 heavy (non-hydrogen) atoms. The zero-order valence-corrected chi connectivity index (χ0v) is 14.9. The Morgan fingerprint density at radius 1 is 1.33 bits per heavy atom. The number of esters is 1. The first kappa shape index (κ1) is 16.5. The lowest BCUT2D eigenvalue weighted by molar-refractivity contribution is -0.149. The van der Waals surface area contributed by atoms with E-state index in [9.17, 15) is 9.59 Å². The fourth-order valence-electron chi connectivity index (χ4n) is 2.47. The molecule has 1 atom stereocenters. The van der Waals surface area contributed by atoms with E-state index in [0.717, 1.165) is 21.8 Å². The van der Waals surface area contributed by atoms with Gasteiger partial charge in [-0.05, 0) is 60.3 Å². The van der Waals surface area contributed by atoms with Crippen LogP contribution in [-0.4, -0.2) is 36.0 Å². The van der Waals surface area contributed by atoms with Crippen LogP contribution in [-0.2, 0) is 9.53 Å². The first-order chi connectivity index (χ1) is 10.0. The molecule has 0 bridgehead atoms. The van der Waals surface area contributed by atoms with Crippen molar-refractivity contribution in [2.45, 2.75) is 32.2 Å². The van der Waals surface area contributed by atoms with Crippen LogP contribution in [0.1, 0.15) is 36.5 Å². The highest BCUT2D eigenvalue weighted by Gasteiger charge is 2.34. The summed E-state index contributed by atoms with van der Waals surface area (Å²) in [4.78, 5) is 26.5. The maximum absolute atomic E-state index is 12.8. The Balaban J connectivity index is 2.26. The maximum Gasteiger partial charge on any atom is 0.328 e. The van der Waals surface area contributed by atoms with Crippen molar-refractivity contribution in [3.63, 3.8) is 0 Å². The normalized spacial score (nSPS) is 18.4. The first-order valence-corrected chi connectivity index (χ1v) is 8.56. The number of benzene rings is 1. The molecule has 0 aliphatic carbocycles. The van der Waals surface area contributed by atoms with Crippen LogP contribution in [0.4, 0.5) is 0 Å². The summed E-state index contributed by atoms with van der Waals surface area (Å²) in [6, 6.07) is 4.97. The molecule has 0 spiro atoms. The quantitative estimate of drug-likeness (QED) is 0.702. The number of amides is 1. The van der Waals surface area contributed by atoms with Crippen molar-refractivity contribution in [3.05, 3.63) is 32.7 Å². The van der Waals surface area contributed by atoms with E-state index in [-0.39, 0.29) is 11.9 Å². The summed E-state index contributed by atoms with van der Waals surface area (Å²) >= 11 is 6.78. The number of piperidine rings is 1. The number of halogens is 2. The highest BCUT2D eigenvalue weighted by Crippen LogP contribution is 2.26. The second kappa shape index (κ2) is 7.40. The zero-order valence-electron chi connectivity index (χ0n) is 11.8. The average molecular weight is 419 g/mol. The van der Waals surface area contributed by atoms with Gasteiger partial charge in [-0.1, -0.05) is 15.9 Å². The summed E-state index contributed by atoms with van der Waals surface area (Å²) in [6.07, 6.45) is 2.51. The summed E-state index contributed by atoms with van der Waals surface area (Å²) in [7, 11) is 0. The number of rotatable bonds is 3. The first-order valence-electron chi connectivity index (χ1n) is 6.97. The monoisotopic (exact) mass is 417 g/mol. The summed E-state index contributed by atoms with van der Waals surface area (Å²) in [6.45, 7) is 2.69. The van der Waals surface area contributed by atoms with E-state index in [2.05, 4.69) is 31.9 Å². The topological polar surface area (TPSA) is 46.6 Å². The second-order valence-corrected chi connectivity index (χ2v) is 6.66. The van der Waals surface area contributed by atoms with Gasteiger partial charge in [-0.15, -0.1) is 0 Å². The van der Waals surface area contributed by atoms with E-state index in [0.29, 0.717) is 25.1 Å². The van der Waals surface area contributed by atoms with Crippen molar-refractivity contribution in [1.29, 1.82) is 0 Å². The average Bonchev–Trinajstić information content (AvgIpc) is 2.49. The van der Waals surface area contributed by atoms with Crippen molar-refractivity contribution in [1.82, 2.24) is 4.90 Å². The number of likely N-dealkylation sites (tertiary alicyclic amines) is 1. The minimum absolute atomic E-state index is 0.138. The SMILES string of the molecule is CCOC(=O)C1CCCCN1C(=O)c1cc(Br)ccc1Br. The molecule has 1 heterocycles. The lowest BCUT2D eigenvalue weighted by Gasteiger charge is -2.34. The van der Waals surface area contributed by atoms with Crippen LogP contribution in [0.5, 0.6) is 0 Å². The Labute approximate surface area is 141 Å². The van der Waals surface area contributed by atoms with E-state index in [4.69, 9.17) is 4.74 Å². The zero-order chi connectivity index (χ0) is 15.4. The molecule has 1 fully saturated rings. The number of carbonyl (C=O) groups excluding carboxylic acids is 2. The van der Waals surface area contributed by atoms with Gasteiger partial charge in [-0.3, -0.25) is 4.79 Å². The van der Waals surface area contributed by atoms with Gasteiger partial charge in [0, 0.05) is 15.5 Å². The van der Waals surface area contributed by atoms with Crippen LogP contribution in [0, 0.1) is 0 Å². The second-order valence-electron chi connectivity index (χ2n) is 4.89. The van der Waals surface area contributed by atoms with Crippen LogP contribution >= 0.6 is 31.9 Å². The van der Waals surface area contributed by atoms with Crippen LogP contribution in [0.25, 0.3) is 0 Å². The summed E-state index contributed by atoms with van der Waals surface area (Å²) in [5.41, 5.74) is 0.556. The van der Waals surface area contributed by atoms with Gasteiger partial charge in [0.25, 0.3) is 5.91 Å². The molecule has 1 aromatic rings. The van der Waals surface area contributed by atoms with E-state index < -0.39 is 6.04 Å². The number of ether oxygens (including phenoxy) is 1. The van der Waals surface area contributed by atoms with Gasteiger partial charge in [0.15, 0.2) is 0 Å². The van der Waals surface area contributed by atoms with E-state index in [1.807, 2.05) is 12.1 Å². The van der Waals surface area contributed by atoms with Crippen LogP contribution in [0.3, 0.4) is 0 Å². The molecule has 0 aromatic heterocycles. The molecular weight excluding hydrogens is 402 g/mol. The smallest absolute Gasteiger partial charge is 0.328 e. The third-order valence-corrected chi connectivity index (χ3v) is 4.67. The van der Waals surface area contributed by atoms with Gasteiger partial charge in [0.1, 0.15) is 6.04 Å². The number of nitrogens with zero attached hydrogens (tertiary/aromatic N) is 1. The largest absolute Gasteiger partial charge is 0.464 e. The molecule has 2 rings (SSSR count). The third-order valence-electron chi connectivity index (χ3n) is 3.48. The molecule has 1 aliphatic heterocycles. The van der Waals surface area contributed by atoms with E-state index >= 15 is 0 Å². The summed E-state index contributed by atoms with van der Waals surface area (Å²) < 4.78 is 6.66. The van der Waals surface area contributed by atoms with Gasteiger partial charge >= 0.3 is 5.97 Å². The molecule has 1 aromatic carbocycles. The Morgan fingerprint density at radius 2 is 2.10 bits per heavy atom. The fraction of sp³-hybridized carbons (Fsp3) is 0.467. The molecular formula is C15H17Br2NO3. The van der Waals surface area contributed by atoms with Gasteiger partial charge in [0.2, 0.25) is 0 Å². The van der Waals surface area contributed by atoms with Crippen molar-refractivity contribution >= 4 is 43.7 Å². The highest BCUT2D eigenvalue weighted by atomic mass is 79.9. The molecule has 114 valence electrons. The predicted octanol–water partition coefficient (Wildman–Crippen LogP) is 3.77. The Kier molecular flexibility index (Phi) is 5.81. The standard InChI is InChI=1S/C15H17Br2NO3/c1-2-21-15(20)13-5-3-4-8-18(13)14(19)11-9-10(16)6-7-12(11)17/h6-7,9,13H,2-5,8H2,1H3. The minimum Gasteiger partial charge on any atom is -0.464 e. The molecule has 0 saturated carbocycles. The molecule has 6 heteroatoms. The van der Waals surface area contributed by atoms with Crippen LogP contribution < -0.4 is 0 Å². The summed E-state index contributed by atoms with van der Waals surface area (Å²) in [5.74, 6) is -0.447. The number of carbonyl (C=O) groups is 2.